The summed E-state index contributed by atoms with van der Waals surface area (Å²) in [6.45, 7) is 91.5. The Kier molecular flexibility index (Phi) is 31.0. The predicted molar refractivity (Wildman–Crippen MR) is 690 cm³/mol. The Morgan fingerprint density at radius 1 is 0.0942 bits per heavy atom. The van der Waals surface area contributed by atoms with Crippen molar-refractivity contribution in [3.8, 4) is 0 Å². The van der Waals surface area contributed by atoms with Crippen LogP contribution in [-0.2, 0) is 0 Å². The lowest BCUT2D eigenvalue weighted by Gasteiger charge is -2.17. The predicted octanol–water partition coefficient (Wildman–Crippen LogP) is 34.3. The van der Waals surface area contributed by atoms with Crippen molar-refractivity contribution in [3.63, 3.8) is 0 Å². The van der Waals surface area contributed by atoms with Gasteiger partial charge in [-0.1, -0.05) is 308 Å². The Balaban J connectivity index is 1.11. The molecule has 0 aliphatic heterocycles. The van der Waals surface area contributed by atoms with Gasteiger partial charge >= 0.3 is 0 Å². The summed E-state index contributed by atoms with van der Waals surface area (Å²) in [5, 5.41) is 0. The van der Waals surface area contributed by atoms with Gasteiger partial charge in [0, 0.05) is 153 Å². The van der Waals surface area contributed by atoms with Crippen LogP contribution in [0, 0.1) is 0 Å². The van der Waals surface area contributed by atoms with E-state index in [0.29, 0.717) is 0 Å². The summed E-state index contributed by atoms with van der Waals surface area (Å²) in [4.78, 5) is 26.9. The monoisotopic (exact) mass is 2310 g/mol. The molecule has 0 aromatic carbocycles. The zero-order valence-electron chi connectivity index (χ0n) is 88.0. The smallest absolute Gasteiger partial charge is 0.0904 e. The quantitative estimate of drug-likeness (QED) is 0.0369. The zero-order chi connectivity index (χ0) is 100. The van der Waals surface area contributed by atoms with Crippen molar-refractivity contribution in [2.75, 3.05) is 0 Å². The average Bonchev–Trinajstić information content (AvgIpc) is 1.58. The summed E-state index contributed by atoms with van der Waals surface area (Å²) in [5.74, 6) is 0. The summed E-state index contributed by atoms with van der Waals surface area (Å²) in [5.41, 5.74) is 13.6. The van der Waals surface area contributed by atoms with Crippen LogP contribution in [0.4, 0.5) is 0 Å². The molecule has 16 aromatic rings. The molecule has 28 heteroatoms. The normalized spacial score (nSPS) is 13.2. The SMILES string of the molecule is C[Si](C)(C)c1ccc(C(=C(c2ccc([Si](C)(C)C)s2)c2ccc([Si](C)(C)C)s2)c2ccc(C(=C(c3ccc(C(=C(c4ccc([Si](C)(C)C)s4)c4ccc([Si](C)(C)C)s4)c4ccc([Si](C)(C)C)s4)s3)c3ccc(C(=C(c4ccc([Si](C)(C)C)s4)c4ccc([Si](C)(C)C)s4)c4ccc([Si](C)(C)C)s4)s3)c3ccc(C(=C(c4ccc([Si](C)(C)C)s4)c4ccc([Si](C)(C)C)s4)c4ccc([Si](C)(C)C)s4)s3)s2)s1. The molecule has 16 heterocycles. The number of thiophene rings is 16. The van der Waals surface area contributed by atoms with E-state index in [1.54, 1.807) is 54.0 Å². The van der Waals surface area contributed by atoms with Crippen molar-refractivity contribution in [1.29, 1.82) is 0 Å². The first-order chi connectivity index (χ1) is 63.9. The number of hydrogen-bond acceptors (Lipinski definition) is 16. The second-order valence-corrected chi connectivity index (χ2v) is 132. The van der Waals surface area contributed by atoms with Crippen molar-refractivity contribution in [1.82, 2.24) is 0 Å². The van der Waals surface area contributed by atoms with E-state index < -0.39 is 96.9 Å². The van der Waals surface area contributed by atoms with Crippen LogP contribution in [0.1, 0.15) is 97.5 Å². The van der Waals surface area contributed by atoms with Gasteiger partial charge in [0.2, 0.25) is 0 Å². The molecule has 138 heavy (non-hydrogen) atoms. The van der Waals surface area contributed by atoms with Crippen molar-refractivity contribution >= 4 is 388 Å². The lowest BCUT2D eigenvalue weighted by atomic mass is 9.99. The maximum absolute atomic E-state index is 2.61. The van der Waals surface area contributed by atoms with Gasteiger partial charge in [-0.05, 0) is 175 Å². The third kappa shape index (κ3) is 23.5. The molecule has 724 valence electrons. The van der Waals surface area contributed by atoms with Gasteiger partial charge in [0.15, 0.2) is 0 Å². The molecule has 0 aliphatic rings. The van der Waals surface area contributed by atoms with Gasteiger partial charge < -0.3 is 0 Å². The van der Waals surface area contributed by atoms with Crippen LogP contribution < -0.4 is 54.0 Å². The molecule has 0 unspecified atom stereocenters. The second-order valence-electron chi connectivity index (χ2n) is 49.4. The molecule has 0 N–H and O–H groups in total. The highest BCUT2D eigenvalue weighted by atomic mass is 32.2. The van der Waals surface area contributed by atoms with Gasteiger partial charge in [0.05, 0.1) is 96.9 Å². The molecular formula is C110H140S16Si12. The summed E-state index contributed by atoms with van der Waals surface area (Å²) in [7, 11) is -21.4. The van der Waals surface area contributed by atoms with Crippen molar-refractivity contribution in [2.45, 2.75) is 236 Å². The van der Waals surface area contributed by atoms with E-state index in [1.807, 2.05) is 0 Å². The second kappa shape index (κ2) is 39.9. The maximum atomic E-state index is 2.61. The number of rotatable bonds is 32. The van der Waals surface area contributed by atoms with Crippen LogP contribution in [0.25, 0.3) is 55.7 Å². The molecule has 0 saturated heterocycles. The Morgan fingerprint density at radius 3 is 0.210 bits per heavy atom. The number of hydrogen-bond donors (Lipinski definition) is 0. The van der Waals surface area contributed by atoms with E-state index in [-0.39, 0.29) is 0 Å². The van der Waals surface area contributed by atoms with E-state index in [9.17, 15) is 0 Å². The Morgan fingerprint density at radius 2 is 0.152 bits per heavy atom. The molecule has 0 saturated carbocycles. The molecule has 0 nitrogen and oxygen atoms in total. The topological polar surface area (TPSA) is 0 Å². The van der Waals surface area contributed by atoms with Gasteiger partial charge in [-0.15, -0.1) is 181 Å². The zero-order valence-corrected chi connectivity index (χ0v) is 113. The molecule has 0 spiro atoms. The Labute approximate surface area is 903 Å². The summed E-state index contributed by atoms with van der Waals surface area (Å²) in [6, 6.07) is 81.4. The minimum Gasteiger partial charge on any atom is -0.145 e. The fourth-order valence-corrected chi connectivity index (χ4v) is 57.3. The van der Waals surface area contributed by atoms with Crippen LogP contribution >= 0.6 is 181 Å². The van der Waals surface area contributed by atoms with Gasteiger partial charge in [-0.2, -0.15) is 0 Å². The van der Waals surface area contributed by atoms with Gasteiger partial charge in [0.1, 0.15) is 0 Å². The molecule has 0 radical (unpaired) electrons. The van der Waals surface area contributed by atoms with Crippen molar-refractivity contribution in [3.05, 3.63) is 292 Å². The summed E-state index contributed by atoms with van der Waals surface area (Å²) >= 11 is 33.1. The standard InChI is InChI=1S/C110H140S16Si12/c1-127(2,3)89-57-45-77(115-89)103(107(81-49-61-93(119-81)131(13,14)15)82-50-62-94(120-82)132(16,17)18)73-41-37-69(111-73)101(70-38-42-74(112-70)104(78-46-58-90(116-78)128(4,5)6)108(83-51-63-95(121-83)133(19,20)21)84-52-64-96(122-84)134(22,23)24)102(71-39-43-75(113-71)105(79-47-59-91(117-79)129(7,8)9)109(85-53-65-97(123-85)135(25,26)27)86-54-66-98(124-86)136(28,29)30)72-40-44-76(114-72)106(80-48-60-92(118-80)130(10,11)12)110(87-55-67-99(125-87)137(31,32)33)88-56-68-100(126-88)138(34,35)36/h37-68H,1-36H3. The fraction of sp³-hybridized carbons (Fsp3) is 0.327. The third-order valence-corrected chi connectivity index (χ3v) is 85.7. The first-order valence-electron chi connectivity index (χ1n) is 48.4. The van der Waals surface area contributed by atoms with E-state index in [2.05, 4.69) is 611 Å². The molecule has 0 bridgehead atoms. The average molecular weight is 2310 g/mol. The third-order valence-electron chi connectivity index (χ3n) is 24.7. The molecule has 16 aromatic heterocycles. The van der Waals surface area contributed by atoms with Crippen LogP contribution in [0.2, 0.25) is 236 Å². The maximum Gasteiger partial charge on any atom is 0.0904 e. The lowest BCUT2D eigenvalue weighted by Crippen LogP contribution is -2.34. The van der Waals surface area contributed by atoms with Gasteiger partial charge in [-0.3, -0.25) is 0 Å². The first-order valence-corrected chi connectivity index (χ1v) is 103. The van der Waals surface area contributed by atoms with Gasteiger partial charge in [-0.25, -0.2) is 0 Å². The van der Waals surface area contributed by atoms with Crippen LogP contribution in [0.5, 0.6) is 0 Å². The minimum absolute atomic E-state index is 1.29. The Hall–Kier alpha value is -3.50. The molecule has 0 aliphatic carbocycles. The van der Waals surface area contributed by atoms with E-state index in [1.165, 1.54) is 153 Å². The van der Waals surface area contributed by atoms with Crippen LogP contribution in [-0.4, -0.2) is 96.9 Å². The summed E-state index contributed by atoms with van der Waals surface area (Å²) < 4.78 is 18.5. The van der Waals surface area contributed by atoms with E-state index in [0.717, 1.165) is 0 Å². The van der Waals surface area contributed by atoms with E-state index >= 15 is 0 Å². The molecule has 16 rings (SSSR count). The highest BCUT2D eigenvalue weighted by molar-refractivity contribution is 7.35. The highest BCUT2D eigenvalue weighted by Crippen LogP contribution is 2.55. The van der Waals surface area contributed by atoms with Gasteiger partial charge in [0.25, 0.3) is 0 Å². The minimum atomic E-state index is -1.81. The summed E-state index contributed by atoms with van der Waals surface area (Å²) in [6.07, 6.45) is 0. The lowest BCUT2D eigenvalue weighted by molar-refractivity contribution is 1.70. The van der Waals surface area contributed by atoms with Crippen LogP contribution in [0.15, 0.2) is 194 Å². The van der Waals surface area contributed by atoms with Crippen LogP contribution in [0.3, 0.4) is 0 Å². The molecule has 0 atom stereocenters. The Bertz CT molecular complexity index is 6260. The molecule has 0 amide bonds. The molecular weight excluding hydrogens is 2170 g/mol. The largest absolute Gasteiger partial charge is 0.145 e. The fourth-order valence-electron chi connectivity index (χ4n) is 16.6. The first kappa shape index (κ1) is 107. The van der Waals surface area contributed by atoms with Crippen molar-refractivity contribution in [2.24, 2.45) is 0 Å². The molecule has 0 fully saturated rings. The van der Waals surface area contributed by atoms with Crippen molar-refractivity contribution < 1.29 is 0 Å². The van der Waals surface area contributed by atoms with E-state index in [4.69, 9.17) is 0 Å². The highest BCUT2D eigenvalue weighted by Gasteiger charge is 2.38.